The number of aromatic nitrogens is 1. The Morgan fingerprint density at radius 1 is 1.54 bits per heavy atom. The molecule has 2 nitrogen and oxygen atoms in total. The molecule has 0 aliphatic heterocycles. The van der Waals surface area contributed by atoms with Crippen molar-refractivity contribution in [3.63, 3.8) is 0 Å². The molecular weight excluding hydrogens is 251 g/mol. The normalized spacial score (nSPS) is 10.8. The highest BCUT2D eigenvalue weighted by Crippen LogP contribution is 2.17. The zero-order chi connectivity index (χ0) is 10.0. The lowest BCUT2D eigenvalue weighted by atomic mass is 10.2. The van der Waals surface area contributed by atoms with Crippen LogP contribution in [0, 0.1) is 5.82 Å². The van der Waals surface area contributed by atoms with E-state index in [1.54, 1.807) is 0 Å². The Hall–Kier alpha value is -0.780. The molecule has 6 heteroatoms. The van der Waals surface area contributed by atoms with Crippen molar-refractivity contribution < 1.29 is 13.2 Å². The van der Waals surface area contributed by atoms with Crippen molar-refractivity contribution in [3.8, 4) is 0 Å². The van der Waals surface area contributed by atoms with Gasteiger partial charge in [-0.3, -0.25) is 4.79 Å². The van der Waals surface area contributed by atoms with Gasteiger partial charge in [0.2, 0.25) is 0 Å². The average Bonchev–Trinajstić information content (AvgIpc) is 2.03. The average molecular weight is 256 g/mol. The van der Waals surface area contributed by atoms with Crippen LogP contribution < -0.4 is 5.56 Å². The summed E-state index contributed by atoms with van der Waals surface area (Å²) in [5, 5.41) is -0.00230. The van der Waals surface area contributed by atoms with Crippen LogP contribution in [0.5, 0.6) is 0 Å². The van der Waals surface area contributed by atoms with E-state index in [9.17, 15) is 18.0 Å². The summed E-state index contributed by atoms with van der Waals surface area (Å²) in [7, 11) is 0. The van der Waals surface area contributed by atoms with Crippen LogP contribution in [0.15, 0.2) is 10.9 Å². The van der Waals surface area contributed by atoms with Crippen molar-refractivity contribution in [2.45, 2.75) is 11.8 Å². The third-order valence-electron chi connectivity index (χ3n) is 1.47. The fourth-order valence-electron chi connectivity index (χ4n) is 0.817. The summed E-state index contributed by atoms with van der Waals surface area (Å²) in [6.07, 6.45) is -2.87. The largest absolute Gasteiger partial charge is 0.321 e. The minimum absolute atomic E-state index is 0.00230. The van der Waals surface area contributed by atoms with Crippen LogP contribution >= 0.6 is 15.9 Å². The standard InChI is InChI=1S/C7H5BrF3NO/c8-2-3-4(9)1-5(6(10)11)12-7(3)13/h1,6H,2H2,(H,12,13). The number of aromatic amines is 1. The van der Waals surface area contributed by atoms with Gasteiger partial charge < -0.3 is 4.98 Å². The van der Waals surface area contributed by atoms with Crippen molar-refractivity contribution >= 4 is 15.9 Å². The van der Waals surface area contributed by atoms with Crippen LogP contribution in [0.25, 0.3) is 0 Å². The summed E-state index contributed by atoms with van der Waals surface area (Å²) in [6, 6.07) is 0.628. The summed E-state index contributed by atoms with van der Waals surface area (Å²) in [6.45, 7) is 0. The molecule has 0 aliphatic rings. The predicted molar refractivity (Wildman–Crippen MR) is 44.6 cm³/mol. The van der Waals surface area contributed by atoms with Crippen molar-refractivity contribution in [3.05, 3.63) is 33.5 Å². The Labute approximate surface area is 79.9 Å². The monoisotopic (exact) mass is 255 g/mol. The second-order valence-corrected chi connectivity index (χ2v) is 2.88. The van der Waals surface area contributed by atoms with Gasteiger partial charge in [-0.15, -0.1) is 0 Å². The molecule has 0 atom stereocenters. The Balaban J connectivity index is 3.29. The number of alkyl halides is 3. The third kappa shape index (κ3) is 2.12. The first kappa shape index (κ1) is 10.3. The lowest BCUT2D eigenvalue weighted by Gasteiger charge is -2.01. The molecule has 0 amide bonds. The number of hydrogen-bond donors (Lipinski definition) is 1. The van der Waals surface area contributed by atoms with Crippen LogP contribution in [0.3, 0.4) is 0 Å². The Kier molecular flexibility index (Phi) is 3.13. The van der Waals surface area contributed by atoms with Crippen LogP contribution in [0.4, 0.5) is 13.2 Å². The molecule has 1 aromatic rings. The summed E-state index contributed by atoms with van der Waals surface area (Å²) >= 11 is 2.87. The Bertz CT molecular complexity index is 363. The zero-order valence-corrected chi connectivity index (χ0v) is 7.87. The van der Waals surface area contributed by atoms with E-state index in [0.29, 0.717) is 6.07 Å². The Morgan fingerprint density at radius 2 is 2.15 bits per heavy atom. The molecule has 0 saturated carbocycles. The number of halogens is 4. The predicted octanol–water partition coefficient (Wildman–Crippen LogP) is 2.35. The van der Waals surface area contributed by atoms with Gasteiger partial charge in [-0.2, -0.15) is 0 Å². The lowest BCUT2D eigenvalue weighted by molar-refractivity contribution is 0.145. The van der Waals surface area contributed by atoms with Gasteiger partial charge >= 0.3 is 0 Å². The molecule has 0 aliphatic carbocycles. The quantitative estimate of drug-likeness (QED) is 0.809. The SMILES string of the molecule is O=c1[nH]c(C(F)F)cc(F)c1CBr. The molecule has 0 aromatic carbocycles. The topological polar surface area (TPSA) is 32.9 Å². The fourth-order valence-corrected chi connectivity index (χ4v) is 1.34. The molecule has 1 N–H and O–H groups in total. The van der Waals surface area contributed by atoms with Gasteiger partial charge in [0.25, 0.3) is 12.0 Å². The van der Waals surface area contributed by atoms with Crippen molar-refractivity contribution in [1.29, 1.82) is 0 Å². The third-order valence-corrected chi connectivity index (χ3v) is 2.03. The highest BCUT2D eigenvalue weighted by Gasteiger charge is 2.13. The number of H-pyrrole nitrogens is 1. The smallest absolute Gasteiger partial charge is 0.278 e. The number of nitrogens with one attached hydrogen (secondary N) is 1. The van der Waals surface area contributed by atoms with Gasteiger partial charge in [-0.1, -0.05) is 15.9 Å². The minimum atomic E-state index is -2.87. The number of hydrogen-bond acceptors (Lipinski definition) is 1. The van der Waals surface area contributed by atoms with Crippen LogP contribution in [-0.4, -0.2) is 4.98 Å². The van der Waals surface area contributed by atoms with Crippen LogP contribution in [0.1, 0.15) is 17.7 Å². The van der Waals surface area contributed by atoms with E-state index < -0.39 is 23.5 Å². The molecule has 1 heterocycles. The summed E-state index contributed by atoms with van der Waals surface area (Å²) in [5.74, 6) is -0.920. The highest BCUT2D eigenvalue weighted by molar-refractivity contribution is 9.08. The van der Waals surface area contributed by atoms with E-state index in [0.717, 1.165) is 0 Å². The molecule has 0 fully saturated rings. The van der Waals surface area contributed by atoms with Gasteiger partial charge in [0.15, 0.2) is 0 Å². The Morgan fingerprint density at radius 3 is 2.54 bits per heavy atom. The number of pyridine rings is 1. The molecule has 72 valence electrons. The van der Waals surface area contributed by atoms with Crippen LogP contribution in [-0.2, 0) is 5.33 Å². The van der Waals surface area contributed by atoms with Gasteiger partial charge in [-0.05, 0) is 6.07 Å². The van der Waals surface area contributed by atoms with E-state index in [-0.39, 0.29) is 10.9 Å². The molecular formula is C7H5BrF3NO. The van der Waals surface area contributed by atoms with Gasteiger partial charge in [0.1, 0.15) is 5.82 Å². The van der Waals surface area contributed by atoms with E-state index in [4.69, 9.17) is 0 Å². The van der Waals surface area contributed by atoms with Gasteiger partial charge in [0.05, 0.1) is 11.3 Å². The fraction of sp³-hybridized carbons (Fsp3) is 0.286. The molecule has 0 radical (unpaired) electrons. The second-order valence-electron chi connectivity index (χ2n) is 2.31. The van der Waals surface area contributed by atoms with Crippen molar-refractivity contribution in [1.82, 2.24) is 4.98 Å². The molecule has 0 spiro atoms. The summed E-state index contributed by atoms with van der Waals surface area (Å²) in [5.41, 5.74) is -1.70. The van der Waals surface area contributed by atoms with E-state index in [2.05, 4.69) is 15.9 Å². The maximum absolute atomic E-state index is 12.9. The maximum atomic E-state index is 12.9. The summed E-state index contributed by atoms with van der Waals surface area (Å²) < 4.78 is 36.9. The van der Waals surface area contributed by atoms with Gasteiger partial charge in [-0.25, -0.2) is 13.2 Å². The first-order valence-electron chi connectivity index (χ1n) is 3.32. The van der Waals surface area contributed by atoms with Crippen LogP contribution in [0.2, 0.25) is 0 Å². The molecule has 0 unspecified atom stereocenters. The van der Waals surface area contributed by atoms with Crippen molar-refractivity contribution in [2.75, 3.05) is 0 Å². The first-order valence-corrected chi connectivity index (χ1v) is 4.44. The molecule has 0 saturated heterocycles. The molecule has 0 bridgehead atoms. The molecule has 13 heavy (non-hydrogen) atoms. The second kappa shape index (κ2) is 3.95. The van der Waals surface area contributed by atoms with Gasteiger partial charge in [0, 0.05) is 5.33 Å². The summed E-state index contributed by atoms with van der Waals surface area (Å²) in [4.78, 5) is 12.8. The molecule has 1 aromatic heterocycles. The molecule has 1 rings (SSSR count). The van der Waals surface area contributed by atoms with E-state index >= 15 is 0 Å². The van der Waals surface area contributed by atoms with E-state index in [1.807, 2.05) is 4.98 Å². The maximum Gasteiger partial charge on any atom is 0.278 e. The minimum Gasteiger partial charge on any atom is -0.321 e. The first-order chi connectivity index (χ1) is 6.06. The van der Waals surface area contributed by atoms with Crippen molar-refractivity contribution in [2.24, 2.45) is 0 Å². The van der Waals surface area contributed by atoms with E-state index in [1.165, 1.54) is 0 Å². The lowest BCUT2D eigenvalue weighted by Crippen LogP contribution is -2.16. The zero-order valence-electron chi connectivity index (χ0n) is 6.28. The highest BCUT2D eigenvalue weighted by atomic mass is 79.9. The number of rotatable bonds is 2.